The number of rotatable bonds is 6. The first-order valence-electron chi connectivity index (χ1n) is 8.52. The number of para-hydroxylation sites is 1. The molecule has 11 heteroatoms. The summed E-state index contributed by atoms with van der Waals surface area (Å²) in [5.74, 6) is -1.23. The smallest absolute Gasteiger partial charge is 0.324 e. The normalized spacial score (nSPS) is 12.6. The molecule has 0 aliphatic heterocycles. The molecule has 5 nitrogen and oxygen atoms in total. The van der Waals surface area contributed by atoms with Gasteiger partial charge in [-0.15, -0.1) is 0 Å². The van der Waals surface area contributed by atoms with E-state index >= 15 is 0 Å². The standard InChI is InChI=1S/C19H17Cl3F3N3O2/c1-10(18(30)26-15-7-6-11(20)8-12(15)19(23,24)25)28(2)9-16(29)27-17-13(21)4-3-5-14(17)22/h3-8,10H,9H2,1-2H3,(H,26,30)(H,27,29). The SMILES string of the molecule is CC(C(=O)Nc1ccc(Cl)cc1C(F)(F)F)N(C)CC(=O)Nc1c(Cl)cccc1Cl. The van der Waals surface area contributed by atoms with E-state index in [1.807, 2.05) is 0 Å². The van der Waals surface area contributed by atoms with Crippen molar-refractivity contribution in [1.82, 2.24) is 4.90 Å². The van der Waals surface area contributed by atoms with Gasteiger partial charge in [-0.2, -0.15) is 13.2 Å². The summed E-state index contributed by atoms with van der Waals surface area (Å²) in [5, 5.41) is 5.16. The van der Waals surface area contributed by atoms with Crippen LogP contribution in [0.2, 0.25) is 15.1 Å². The van der Waals surface area contributed by atoms with E-state index in [9.17, 15) is 22.8 Å². The number of alkyl halides is 3. The zero-order valence-corrected chi connectivity index (χ0v) is 18.0. The Morgan fingerprint density at radius 3 is 2.23 bits per heavy atom. The number of benzene rings is 2. The molecule has 0 aromatic heterocycles. The van der Waals surface area contributed by atoms with Crippen molar-refractivity contribution in [3.05, 3.63) is 57.0 Å². The lowest BCUT2D eigenvalue weighted by atomic mass is 10.1. The van der Waals surface area contributed by atoms with Crippen LogP contribution in [0.4, 0.5) is 24.5 Å². The highest BCUT2D eigenvalue weighted by Crippen LogP contribution is 2.36. The van der Waals surface area contributed by atoms with E-state index in [4.69, 9.17) is 34.8 Å². The fraction of sp³-hybridized carbons (Fsp3) is 0.263. The Morgan fingerprint density at radius 2 is 1.67 bits per heavy atom. The summed E-state index contributed by atoms with van der Waals surface area (Å²) in [6.07, 6.45) is -4.70. The Balaban J connectivity index is 2.05. The summed E-state index contributed by atoms with van der Waals surface area (Å²) in [5.41, 5.74) is -1.26. The zero-order chi connectivity index (χ0) is 22.6. The van der Waals surface area contributed by atoms with E-state index in [2.05, 4.69) is 10.6 Å². The Bertz CT molecular complexity index is 934. The first-order chi connectivity index (χ1) is 13.9. The summed E-state index contributed by atoms with van der Waals surface area (Å²) < 4.78 is 39.6. The van der Waals surface area contributed by atoms with Gasteiger partial charge in [0.25, 0.3) is 0 Å². The summed E-state index contributed by atoms with van der Waals surface area (Å²) in [7, 11) is 1.48. The van der Waals surface area contributed by atoms with Crippen molar-refractivity contribution in [3.63, 3.8) is 0 Å². The number of anilines is 2. The summed E-state index contributed by atoms with van der Waals surface area (Å²) in [6, 6.07) is 6.83. The van der Waals surface area contributed by atoms with Crippen LogP contribution in [0.15, 0.2) is 36.4 Å². The first kappa shape index (κ1) is 24.3. The van der Waals surface area contributed by atoms with E-state index in [-0.39, 0.29) is 27.3 Å². The molecule has 0 spiro atoms. The van der Waals surface area contributed by atoms with Crippen molar-refractivity contribution in [3.8, 4) is 0 Å². The van der Waals surface area contributed by atoms with Gasteiger partial charge in [-0.05, 0) is 44.3 Å². The van der Waals surface area contributed by atoms with E-state index in [0.717, 1.165) is 12.1 Å². The maximum absolute atomic E-state index is 13.2. The van der Waals surface area contributed by atoms with Gasteiger partial charge in [0.15, 0.2) is 0 Å². The maximum Gasteiger partial charge on any atom is 0.418 e. The number of halogens is 6. The van der Waals surface area contributed by atoms with Crippen molar-refractivity contribution in [2.45, 2.75) is 19.1 Å². The summed E-state index contributed by atoms with van der Waals surface area (Å²) in [4.78, 5) is 26.1. The van der Waals surface area contributed by atoms with E-state index in [0.29, 0.717) is 0 Å². The quantitative estimate of drug-likeness (QED) is 0.566. The average molecular weight is 483 g/mol. The molecule has 1 atom stereocenters. The Labute approximate surface area is 186 Å². The lowest BCUT2D eigenvalue weighted by molar-refractivity contribution is -0.137. The number of nitrogens with zero attached hydrogens (tertiary/aromatic N) is 1. The Morgan fingerprint density at radius 1 is 1.07 bits per heavy atom. The number of likely N-dealkylation sites (N-methyl/N-ethyl adjacent to an activating group) is 1. The predicted molar refractivity (Wildman–Crippen MR) is 112 cm³/mol. The molecule has 30 heavy (non-hydrogen) atoms. The molecule has 0 heterocycles. The molecular formula is C19H17Cl3F3N3O2. The van der Waals surface area contributed by atoms with Crippen molar-refractivity contribution >= 4 is 58.0 Å². The van der Waals surface area contributed by atoms with Crippen molar-refractivity contribution < 1.29 is 22.8 Å². The number of hydrogen-bond donors (Lipinski definition) is 2. The number of carbonyl (C=O) groups excluding carboxylic acids is 2. The number of carbonyl (C=O) groups is 2. The monoisotopic (exact) mass is 481 g/mol. The lowest BCUT2D eigenvalue weighted by Crippen LogP contribution is -2.43. The summed E-state index contributed by atoms with van der Waals surface area (Å²) in [6.45, 7) is 1.22. The number of hydrogen-bond acceptors (Lipinski definition) is 3. The predicted octanol–water partition coefficient (Wildman–Crippen LogP) is 5.56. The molecule has 0 fully saturated rings. The topological polar surface area (TPSA) is 61.4 Å². The molecule has 0 aliphatic carbocycles. The fourth-order valence-electron chi connectivity index (χ4n) is 2.46. The molecule has 0 radical (unpaired) electrons. The molecule has 2 rings (SSSR count). The van der Waals surface area contributed by atoms with Crippen LogP contribution in [0.1, 0.15) is 12.5 Å². The second-order valence-electron chi connectivity index (χ2n) is 6.41. The van der Waals surface area contributed by atoms with Gasteiger partial charge >= 0.3 is 6.18 Å². The molecule has 0 bridgehead atoms. The second-order valence-corrected chi connectivity index (χ2v) is 7.66. The van der Waals surface area contributed by atoms with Crippen LogP contribution in [-0.4, -0.2) is 36.3 Å². The molecule has 0 aliphatic rings. The van der Waals surface area contributed by atoms with Gasteiger partial charge in [0.05, 0.1) is 39.6 Å². The molecule has 162 valence electrons. The maximum atomic E-state index is 13.2. The highest BCUT2D eigenvalue weighted by atomic mass is 35.5. The van der Waals surface area contributed by atoms with Gasteiger partial charge < -0.3 is 10.6 Å². The molecule has 0 saturated heterocycles. The highest BCUT2D eigenvalue weighted by Gasteiger charge is 2.34. The Hall–Kier alpha value is -2.00. The third kappa shape index (κ3) is 6.25. The van der Waals surface area contributed by atoms with E-state index in [1.165, 1.54) is 24.9 Å². The van der Waals surface area contributed by atoms with Gasteiger partial charge in [0.1, 0.15) is 0 Å². The molecule has 2 aromatic rings. The van der Waals surface area contributed by atoms with Crippen LogP contribution in [-0.2, 0) is 15.8 Å². The first-order valence-corrected chi connectivity index (χ1v) is 9.65. The van der Waals surface area contributed by atoms with Gasteiger partial charge in [-0.3, -0.25) is 14.5 Å². The van der Waals surface area contributed by atoms with Crippen LogP contribution in [0, 0.1) is 0 Å². The molecular weight excluding hydrogens is 466 g/mol. The largest absolute Gasteiger partial charge is 0.418 e. The van der Waals surface area contributed by atoms with Crippen LogP contribution in [0.3, 0.4) is 0 Å². The lowest BCUT2D eigenvalue weighted by Gasteiger charge is -2.24. The van der Waals surface area contributed by atoms with Crippen molar-refractivity contribution in [2.24, 2.45) is 0 Å². The Kier molecular flexibility index (Phi) is 7.99. The summed E-state index contributed by atoms with van der Waals surface area (Å²) >= 11 is 17.6. The minimum Gasteiger partial charge on any atom is -0.324 e. The molecule has 1 unspecified atom stereocenters. The van der Waals surface area contributed by atoms with Crippen LogP contribution < -0.4 is 10.6 Å². The third-order valence-corrected chi connectivity index (χ3v) is 5.07. The molecule has 2 N–H and O–H groups in total. The van der Waals surface area contributed by atoms with E-state index < -0.39 is 35.3 Å². The molecule has 0 saturated carbocycles. The minimum atomic E-state index is -4.70. The highest BCUT2D eigenvalue weighted by molar-refractivity contribution is 6.39. The van der Waals surface area contributed by atoms with Gasteiger partial charge in [-0.1, -0.05) is 40.9 Å². The van der Waals surface area contributed by atoms with Crippen LogP contribution in [0.5, 0.6) is 0 Å². The van der Waals surface area contributed by atoms with Gasteiger partial charge in [0.2, 0.25) is 11.8 Å². The third-order valence-electron chi connectivity index (χ3n) is 4.21. The van der Waals surface area contributed by atoms with Crippen LogP contribution in [0.25, 0.3) is 0 Å². The van der Waals surface area contributed by atoms with Crippen LogP contribution >= 0.6 is 34.8 Å². The zero-order valence-electron chi connectivity index (χ0n) is 15.8. The van der Waals surface area contributed by atoms with Crippen molar-refractivity contribution in [2.75, 3.05) is 24.2 Å². The average Bonchev–Trinajstić information content (AvgIpc) is 2.64. The van der Waals surface area contributed by atoms with Gasteiger partial charge in [0, 0.05) is 5.02 Å². The molecule has 2 aromatic carbocycles. The van der Waals surface area contributed by atoms with Crippen molar-refractivity contribution in [1.29, 1.82) is 0 Å². The molecule has 2 amide bonds. The second kappa shape index (κ2) is 9.87. The number of amides is 2. The number of nitrogens with one attached hydrogen (secondary N) is 2. The fourth-order valence-corrected chi connectivity index (χ4v) is 3.12. The minimum absolute atomic E-state index is 0.111. The van der Waals surface area contributed by atoms with E-state index in [1.54, 1.807) is 18.2 Å². The van der Waals surface area contributed by atoms with Gasteiger partial charge in [-0.25, -0.2) is 0 Å².